The maximum atomic E-state index is 12.6. The highest BCUT2D eigenvalue weighted by atomic mass is 16.5. The van der Waals surface area contributed by atoms with Crippen molar-refractivity contribution in [3.8, 4) is 0 Å². The minimum absolute atomic E-state index is 0.0397. The van der Waals surface area contributed by atoms with Gasteiger partial charge in [0, 0.05) is 37.7 Å². The zero-order valence-electron chi connectivity index (χ0n) is 16.2. The Kier molecular flexibility index (Phi) is 5.48. The van der Waals surface area contributed by atoms with Crippen LogP contribution in [0.15, 0.2) is 10.6 Å². The molecule has 2 amide bonds. The van der Waals surface area contributed by atoms with Crippen LogP contribution in [-0.2, 0) is 16.1 Å². The molecule has 148 valence electrons. The van der Waals surface area contributed by atoms with Crippen molar-refractivity contribution >= 4 is 11.8 Å². The van der Waals surface area contributed by atoms with E-state index in [-0.39, 0.29) is 11.8 Å². The van der Waals surface area contributed by atoms with Crippen LogP contribution in [0.2, 0.25) is 0 Å². The summed E-state index contributed by atoms with van der Waals surface area (Å²) in [6.07, 6.45) is 6.22. The maximum absolute atomic E-state index is 12.6. The summed E-state index contributed by atoms with van der Waals surface area (Å²) >= 11 is 0. The number of carbonyl (C=O) groups is 2. The van der Waals surface area contributed by atoms with Gasteiger partial charge in [0.25, 0.3) is 0 Å². The van der Waals surface area contributed by atoms with Gasteiger partial charge in [0.2, 0.25) is 11.8 Å². The van der Waals surface area contributed by atoms with Gasteiger partial charge in [0.15, 0.2) is 0 Å². The fraction of sp³-hybridized carbons (Fsp3) is 0.750. The highest BCUT2D eigenvalue weighted by molar-refractivity contribution is 5.81. The van der Waals surface area contributed by atoms with Gasteiger partial charge < -0.3 is 14.7 Å². The van der Waals surface area contributed by atoms with Crippen molar-refractivity contribution in [2.75, 3.05) is 26.2 Å². The fourth-order valence-corrected chi connectivity index (χ4v) is 4.42. The molecule has 0 bridgehead atoms. The van der Waals surface area contributed by atoms with Crippen molar-refractivity contribution in [1.29, 1.82) is 0 Å². The predicted molar refractivity (Wildman–Crippen MR) is 99.7 cm³/mol. The number of hydrogen-bond donors (Lipinski definition) is 1. The van der Waals surface area contributed by atoms with Gasteiger partial charge in [0.05, 0.1) is 12.5 Å². The van der Waals surface area contributed by atoms with Gasteiger partial charge >= 0.3 is 0 Å². The van der Waals surface area contributed by atoms with Gasteiger partial charge in [-0.1, -0.05) is 5.16 Å². The van der Waals surface area contributed by atoms with Crippen molar-refractivity contribution < 1.29 is 14.1 Å². The first-order valence-corrected chi connectivity index (χ1v) is 10.3. The molecular formula is C20H30N4O3. The maximum Gasteiger partial charge on any atom is 0.225 e. The van der Waals surface area contributed by atoms with Crippen LogP contribution in [0.1, 0.15) is 50.0 Å². The van der Waals surface area contributed by atoms with Gasteiger partial charge in [-0.15, -0.1) is 0 Å². The van der Waals surface area contributed by atoms with Crippen LogP contribution in [0.4, 0.5) is 0 Å². The standard InChI is InChI=1S/C20H30N4O3/c1-14-11-17(22-27-14)12-21-19(25)16-3-2-8-24(13-16)18-6-9-23(10-7-18)20(26)15-4-5-15/h11,15-16,18H,2-10,12-13H2,1H3,(H,21,25). The highest BCUT2D eigenvalue weighted by Gasteiger charge is 2.37. The van der Waals surface area contributed by atoms with E-state index in [0.717, 1.165) is 76.2 Å². The lowest BCUT2D eigenvalue weighted by Crippen LogP contribution is -2.51. The number of carbonyl (C=O) groups excluding carboxylic acids is 2. The molecule has 3 aliphatic rings. The number of likely N-dealkylation sites (tertiary alicyclic amines) is 2. The third-order valence-corrected chi connectivity index (χ3v) is 6.16. The second-order valence-corrected chi connectivity index (χ2v) is 8.31. The van der Waals surface area contributed by atoms with Gasteiger partial charge in [0.1, 0.15) is 11.5 Å². The van der Waals surface area contributed by atoms with E-state index in [2.05, 4.69) is 20.3 Å². The Morgan fingerprint density at radius 3 is 2.59 bits per heavy atom. The molecule has 1 aromatic heterocycles. The van der Waals surface area contributed by atoms with E-state index in [9.17, 15) is 9.59 Å². The number of aryl methyl sites for hydroxylation is 1. The zero-order valence-corrected chi connectivity index (χ0v) is 16.2. The molecule has 7 nitrogen and oxygen atoms in total. The second kappa shape index (κ2) is 8.00. The highest BCUT2D eigenvalue weighted by Crippen LogP contribution is 2.32. The molecule has 3 fully saturated rings. The van der Waals surface area contributed by atoms with E-state index in [1.807, 2.05) is 13.0 Å². The Hall–Kier alpha value is -1.89. The van der Waals surface area contributed by atoms with Crippen molar-refractivity contribution in [2.45, 2.75) is 58.0 Å². The lowest BCUT2D eigenvalue weighted by Gasteiger charge is -2.42. The smallest absolute Gasteiger partial charge is 0.225 e. The summed E-state index contributed by atoms with van der Waals surface area (Å²) in [6.45, 7) is 5.91. The molecule has 1 atom stereocenters. The molecule has 1 N–H and O–H groups in total. The largest absolute Gasteiger partial charge is 0.361 e. The normalized spacial score (nSPS) is 24.8. The number of nitrogens with zero attached hydrogens (tertiary/aromatic N) is 3. The lowest BCUT2D eigenvalue weighted by atomic mass is 9.93. The van der Waals surface area contributed by atoms with Crippen molar-refractivity contribution in [1.82, 2.24) is 20.3 Å². The van der Waals surface area contributed by atoms with E-state index in [1.54, 1.807) is 0 Å². The van der Waals surface area contributed by atoms with Crippen molar-refractivity contribution in [3.05, 3.63) is 17.5 Å². The SMILES string of the molecule is Cc1cc(CNC(=O)C2CCCN(C3CCN(C(=O)C4CC4)CC3)C2)no1. The minimum atomic E-state index is 0.0397. The summed E-state index contributed by atoms with van der Waals surface area (Å²) < 4.78 is 5.05. The Bertz CT molecular complexity index is 677. The molecule has 2 saturated heterocycles. The van der Waals surface area contributed by atoms with Crippen LogP contribution in [-0.4, -0.2) is 59.0 Å². The van der Waals surface area contributed by atoms with Crippen LogP contribution in [0.3, 0.4) is 0 Å². The van der Waals surface area contributed by atoms with E-state index >= 15 is 0 Å². The third kappa shape index (κ3) is 4.51. The van der Waals surface area contributed by atoms with Crippen LogP contribution in [0.25, 0.3) is 0 Å². The quantitative estimate of drug-likeness (QED) is 0.849. The molecule has 4 rings (SSSR count). The Morgan fingerprint density at radius 1 is 1.15 bits per heavy atom. The topological polar surface area (TPSA) is 78.7 Å². The molecule has 27 heavy (non-hydrogen) atoms. The minimum Gasteiger partial charge on any atom is -0.361 e. The molecule has 1 saturated carbocycles. The molecular weight excluding hydrogens is 344 g/mol. The second-order valence-electron chi connectivity index (χ2n) is 8.31. The summed E-state index contributed by atoms with van der Waals surface area (Å²) in [5.41, 5.74) is 0.765. The van der Waals surface area contributed by atoms with E-state index < -0.39 is 0 Å². The first kappa shape index (κ1) is 18.5. The molecule has 2 aliphatic heterocycles. The third-order valence-electron chi connectivity index (χ3n) is 6.16. The summed E-state index contributed by atoms with van der Waals surface area (Å²) in [7, 11) is 0. The summed E-state index contributed by atoms with van der Waals surface area (Å²) in [4.78, 5) is 29.3. The molecule has 1 unspecified atom stereocenters. The van der Waals surface area contributed by atoms with Crippen molar-refractivity contribution in [2.24, 2.45) is 11.8 Å². The average molecular weight is 374 g/mol. The molecule has 1 aromatic rings. The monoisotopic (exact) mass is 374 g/mol. The zero-order chi connectivity index (χ0) is 18.8. The lowest BCUT2D eigenvalue weighted by molar-refractivity contribution is -0.134. The first-order chi connectivity index (χ1) is 13.1. The molecule has 1 aliphatic carbocycles. The van der Waals surface area contributed by atoms with Crippen molar-refractivity contribution in [3.63, 3.8) is 0 Å². The van der Waals surface area contributed by atoms with Crippen LogP contribution in [0, 0.1) is 18.8 Å². The van der Waals surface area contributed by atoms with Gasteiger partial charge in [-0.05, 0) is 52.0 Å². The molecule has 3 heterocycles. The van der Waals surface area contributed by atoms with Gasteiger partial charge in [-0.3, -0.25) is 14.5 Å². The van der Waals surface area contributed by atoms with Crippen LogP contribution in [0.5, 0.6) is 0 Å². The Labute approximate surface area is 160 Å². The summed E-state index contributed by atoms with van der Waals surface area (Å²) in [5, 5.41) is 6.93. The predicted octanol–water partition coefficient (Wildman–Crippen LogP) is 1.71. The number of nitrogens with one attached hydrogen (secondary N) is 1. The van der Waals surface area contributed by atoms with E-state index in [0.29, 0.717) is 24.4 Å². The number of hydrogen-bond acceptors (Lipinski definition) is 5. The number of amides is 2. The van der Waals surface area contributed by atoms with E-state index in [4.69, 9.17) is 4.52 Å². The number of piperidine rings is 2. The van der Waals surface area contributed by atoms with Gasteiger partial charge in [-0.2, -0.15) is 0 Å². The fourth-order valence-electron chi connectivity index (χ4n) is 4.42. The Balaban J connectivity index is 1.24. The van der Waals surface area contributed by atoms with Crippen LogP contribution < -0.4 is 5.32 Å². The molecule has 0 radical (unpaired) electrons. The van der Waals surface area contributed by atoms with E-state index in [1.165, 1.54) is 0 Å². The van der Waals surface area contributed by atoms with Crippen LogP contribution >= 0.6 is 0 Å². The average Bonchev–Trinajstić information content (AvgIpc) is 3.47. The Morgan fingerprint density at radius 2 is 1.93 bits per heavy atom. The van der Waals surface area contributed by atoms with Gasteiger partial charge in [-0.25, -0.2) is 0 Å². The summed E-state index contributed by atoms with van der Waals surface area (Å²) in [6, 6.07) is 2.35. The molecule has 7 heteroatoms. The number of rotatable bonds is 5. The molecule has 0 spiro atoms. The molecule has 0 aromatic carbocycles. The summed E-state index contributed by atoms with van der Waals surface area (Å²) in [5.74, 6) is 1.60. The number of aromatic nitrogens is 1. The first-order valence-electron chi connectivity index (χ1n) is 10.3.